The number of amides is 1. The van der Waals surface area contributed by atoms with Crippen molar-refractivity contribution in [3.05, 3.63) is 35.1 Å². The van der Waals surface area contributed by atoms with Crippen molar-refractivity contribution in [3.63, 3.8) is 0 Å². The van der Waals surface area contributed by atoms with Crippen LogP contribution in [0.3, 0.4) is 0 Å². The molecular formula is C15H18F4N2O. The lowest BCUT2D eigenvalue weighted by Gasteiger charge is -2.36. The highest BCUT2D eigenvalue weighted by Gasteiger charge is 2.37. The van der Waals surface area contributed by atoms with Gasteiger partial charge in [-0.1, -0.05) is 6.07 Å². The highest BCUT2D eigenvalue weighted by molar-refractivity contribution is 5.95. The van der Waals surface area contributed by atoms with Gasteiger partial charge in [0.2, 0.25) is 0 Å². The lowest BCUT2D eigenvalue weighted by atomic mass is 9.97. The number of benzene rings is 1. The van der Waals surface area contributed by atoms with Crippen molar-refractivity contribution in [2.45, 2.75) is 37.9 Å². The lowest BCUT2D eigenvalue weighted by Crippen LogP contribution is -2.45. The molecule has 1 unspecified atom stereocenters. The van der Waals surface area contributed by atoms with Crippen molar-refractivity contribution in [2.24, 2.45) is 5.73 Å². The number of carbonyl (C=O) groups excluding carboxylic acids is 1. The topological polar surface area (TPSA) is 46.3 Å². The van der Waals surface area contributed by atoms with Crippen LogP contribution in [0.4, 0.5) is 17.6 Å². The van der Waals surface area contributed by atoms with Gasteiger partial charge in [0.25, 0.3) is 5.91 Å². The number of alkyl halides is 3. The minimum Gasteiger partial charge on any atom is -0.336 e. The highest BCUT2D eigenvalue weighted by atomic mass is 19.4. The van der Waals surface area contributed by atoms with E-state index in [9.17, 15) is 22.4 Å². The van der Waals surface area contributed by atoms with E-state index in [1.807, 2.05) is 0 Å². The molecule has 2 rings (SSSR count). The summed E-state index contributed by atoms with van der Waals surface area (Å²) in [5.41, 5.74) is 3.57. The highest BCUT2D eigenvalue weighted by Crippen LogP contribution is 2.33. The van der Waals surface area contributed by atoms with Crippen LogP contribution in [-0.2, 0) is 6.18 Å². The van der Waals surface area contributed by atoms with Crippen molar-refractivity contribution in [1.82, 2.24) is 4.90 Å². The van der Waals surface area contributed by atoms with E-state index >= 15 is 0 Å². The molecule has 2 N–H and O–H groups in total. The van der Waals surface area contributed by atoms with Gasteiger partial charge in [0.1, 0.15) is 5.82 Å². The second kappa shape index (κ2) is 6.64. The summed E-state index contributed by atoms with van der Waals surface area (Å²) in [6.07, 6.45) is -1.83. The Bertz CT molecular complexity index is 543. The molecule has 1 fully saturated rings. The molecule has 1 aromatic rings. The molecule has 1 saturated heterocycles. The van der Waals surface area contributed by atoms with Crippen LogP contribution in [0.2, 0.25) is 0 Å². The third-order valence-electron chi connectivity index (χ3n) is 3.92. The zero-order chi connectivity index (χ0) is 16.3. The molecule has 0 bridgehead atoms. The van der Waals surface area contributed by atoms with E-state index in [0.29, 0.717) is 25.6 Å². The van der Waals surface area contributed by atoms with Crippen LogP contribution < -0.4 is 5.73 Å². The predicted octanol–water partition coefficient (Wildman–Crippen LogP) is 3.19. The maximum Gasteiger partial charge on any atom is 0.419 e. The number of carbonyl (C=O) groups is 1. The molecule has 1 aromatic carbocycles. The smallest absolute Gasteiger partial charge is 0.336 e. The Morgan fingerprint density at radius 2 is 2.05 bits per heavy atom. The Morgan fingerprint density at radius 3 is 2.68 bits per heavy atom. The van der Waals surface area contributed by atoms with E-state index in [0.717, 1.165) is 31.4 Å². The third-order valence-corrected chi connectivity index (χ3v) is 3.92. The Kier molecular flexibility index (Phi) is 5.05. The van der Waals surface area contributed by atoms with E-state index < -0.39 is 29.0 Å². The fourth-order valence-electron chi connectivity index (χ4n) is 2.83. The molecule has 1 heterocycles. The first-order chi connectivity index (χ1) is 10.4. The van der Waals surface area contributed by atoms with Crippen LogP contribution in [0.25, 0.3) is 0 Å². The van der Waals surface area contributed by atoms with Crippen molar-refractivity contribution < 1.29 is 22.4 Å². The molecule has 1 atom stereocenters. The second-order valence-corrected chi connectivity index (χ2v) is 5.39. The largest absolute Gasteiger partial charge is 0.419 e. The average Bonchev–Trinajstić information content (AvgIpc) is 2.46. The summed E-state index contributed by atoms with van der Waals surface area (Å²) in [4.78, 5) is 13.9. The molecule has 1 amide bonds. The summed E-state index contributed by atoms with van der Waals surface area (Å²) in [7, 11) is 0. The van der Waals surface area contributed by atoms with E-state index in [1.165, 1.54) is 4.90 Å². The number of rotatable bonds is 3. The van der Waals surface area contributed by atoms with E-state index in [-0.39, 0.29) is 6.04 Å². The van der Waals surface area contributed by atoms with E-state index in [2.05, 4.69) is 0 Å². The average molecular weight is 318 g/mol. The van der Waals surface area contributed by atoms with Crippen LogP contribution in [0, 0.1) is 5.82 Å². The summed E-state index contributed by atoms with van der Waals surface area (Å²) in [5, 5.41) is 0. The Morgan fingerprint density at radius 1 is 1.32 bits per heavy atom. The van der Waals surface area contributed by atoms with Crippen LogP contribution in [-0.4, -0.2) is 29.9 Å². The summed E-state index contributed by atoms with van der Waals surface area (Å²) < 4.78 is 52.3. The van der Waals surface area contributed by atoms with Crippen molar-refractivity contribution in [1.29, 1.82) is 0 Å². The molecule has 122 valence electrons. The van der Waals surface area contributed by atoms with Crippen LogP contribution >= 0.6 is 0 Å². The summed E-state index contributed by atoms with van der Waals surface area (Å²) in [6, 6.07) is 2.65. The fraction of sp³-hybridized carbons (Fsp3) is 0.533. The fourth-order valence-corrected chi connectivity index (χ4v) is 2.83. The number of nitrogens with two attached hydrogens (primary N) is 1. The molecule has 1 aliphatic heterocycles. The molecule has 0 aliphatic carbocycles. The third kappa shape index (κ3) is 3.40. The second-order valence-electron chi connectivity index (χ2n) is 5.39. The standard InChI is InChI=1S/C15H18F4N2O/c16-13-11(5-3-6-12(13)15(17,18)19)14(22)21-9-2-1-4-10(21)7-8-20/h3,5-6,10H,1-2,4,7-9,20H2. The number of hydrogen-bond acceptors (Lipinski definition) is 2. The Hall–Kier alpha value is -1.63. The normalized spacial score (nSPS) is 19.3. The summed E-state index contributed by atoms with van der Waals surface area (Å²) in [6.45, 7) is 0.790. The zero-order valence-electron chi connectivity index (χ0n) is 12.0. The predicted molar refractivity (Wildman–Crippen MR) is 73.7 cm³/mol. The summed E-state index contributed by atoms with van der Waals surface area (Å²) in [5.74, 6) is -2.20. The summed E-state index contributed by atoms with van der Waals surface area (Å²) >= 11 is 0. The van der Waals surface area contributed by atoms with Gasteiger partial charge in [-0.05, 0) is 44.4 Å². The number of halogens is 4. The lowest BCUT2D eigenvalue weighted by molar-refractivity contribution is -0.140. The van der Waals surface area contributed by atoms with Gasteiger partial charge in [-0.25, -0.2) is 4.39 Å². The van der Waals surface area contributed by atoms with Crippen LogP contribution in [0.5, 0.6) is 0 Å². The minimum absolute atomic E-state index is 0.139. The molecule has 0 aromatic heterocycles. The van der Waals surface area contributed by atoms with Crippen LogP contribution in [0.15, 0.2) is 18.2 Å². The van der Waals surface area contributed by atoms with Crippen molar-refractivity contribution in [2.75, 3.05) is 13.1 Å². The maximum absolute atomic E-state index is 14.1. The molecule has 7 heteroatoms. The SMILES string of the molecule is NCCC1CCCCN1C(=O)c1cccc(C(F)(F)F)c1F. The number of hydrogen-bond donors (Lipinski definition) is 1. The quantitative estimate of drug-likeness (QED) is 0.870. The van der Waals surface area contributed by atoms with Gasteiger partial charge in [0.05, 0.1) is 11.1 Å². The number of nitrogens with zero attached hydrogens (tertiary/aromatic N) is 1. The molecule has 0 radical (unpaired) electrons. The van der Waals surface area contributed by atoms with E-state index in [4.69, 9.17) is 5.73 Å². The Labute approximate surface area is 126 Å². The van der Waals surface area contributed by atoms with Crippen LogP contribution in [0.1, 0.15) is 41.6 Å². The van der Waals surface area contributed by atoms with Gasteiger partial charge in [0, 0.05) is 12.6 Å². The first-order valence-corrected chi connectivity index (χ1v) is 7.23. The molecule has 0 spiro atoms. The first kappa shape index (κ1) is 16.7. The zero-order valence-corrected chi connectivity index (χ0v) is 12.0. The molecule has 1 aliphatic rings. The number of likely N-dealkylation sites (tertiary alicyclic amines) is 1. The Balaban J connectivity index is 2.32. The van der Waals surface area contributed by atoms with Crippen molar-refractivity contribution in [3.8, 4) is 0 Å². The van der Waals surface area contributed by atoms with Gasteiger partial charge in [-0.15, -0.1) is 0 Å². The maximum atomic E-state index is 14.1. The molecular weight excluding hydrogens is 300 g/mol. The molecule has 22 heavy (non-hydrogen) atoms. The van der Waals surface area contributed by atoms with Gasteiger partial charge in [-0.3, -0.25) is 4.79 Å². The van der Waals surface area contributed by atoms with Crippen molar-refractivity contribution >= 4 is 5.91 Å². The van der Waals surface area contributed by atoms with Gasteiger partial charge < -0.3 is 10.6 Å². The minimum atomic E-state index is -4.82. The first-order valence-electron chi connectivity index (χ1n) is 7.23. The van der Waals surface area contributed by atoms with Gasteiger partial charge >= 0.3 is 6.18 Å². The number of piperidine rings is 1. The molecule has 0 saturated carbocycles. The van der Waals surface area contributed by atoms with Gasteiger partial charge in [-0.2, -0.15) is 13.2 Å². The van der Waals surface area contributed by atoms with Gasteiger partial charge in [0.15, 0.2) is 0 Å². The monoisotopic (exact) mass is 318 g/mol. The molecule has 3 nitrogen and oxygen atoms in total. The van der Waals surface area contributed by atoms with E-state index in [1.54, 1.807) is 0 Å².